The number of fused-ring (bicyclic) bond motifs is 1. The molecule has 0 aliphatic carbocycles. The lowest BCUT2D eigenvalue weighted by Crippen LogP contribution is -2.63. The number of amides is 1. The fourth-order valence-corrected chi connectivity index (χ4v) is 4.12. The molecule has 30 heavy (non-hydrogen) atoms. The van der Waals surface area contributed by atoms with Crippen molar-refractivity contribution in [2.24, 2.45) is 5.92 Å². The molecule has 3 N–H and O–H groups in total. The highest BCUT2D eigenvalue weighted by atomic mass is 79.9. The Morgan fingerprint density at radius 2 is 1.77 bits per heavy atom. The number of hydrogen-bond acceptors (Lipinski definition) is 5. The van der Waals surface area contributed by atoms with Gasteiger partial charge in [-0.05, 0) is 75.1 Å². The van der Waals surface area contributed by atoms with Crippen molar-refractivity contribution < 1.29 is 4.79 Å². The zero-order valence-corrected chi connectivity index (χ0v) is 19.2. The lowest BCUT2D eigenvalue weighted by atomic mass is 9.91. The maximum atomic E-state index is 12.8. The molecule has 0 saturated carbocycles. The standard InChI is InChI=1S/C23H26BrN5O/c1-12-9-18-14(3)25-22(27-20(18)10-13(12)2)29-23-26-15(4)19(21(30)28-23)11-16-5-7-17(24)8-6-16/h5-10,15,19,23,26H,11H2,1-4H3,(H,28,30)(H,25,27,29). The Bertz CT molecular complexity index is 1100. The number of carbonyl (C=O) groups is 1. The number of rotatable bonds is 4. The number of hydrogen-bond donors (Lipinski definition) is 3. The molecule has 0 radical (unpaired) electrons. The molecule has 1 saturated heterocycles. The van der Waals surface area contributed by atoms with Crippen LogP contribution in [0, 0.1) is 26.7 Å². The van der Waals surface area contributed by atoms with Gasteiger partial charge in [0.05, 0.1) is 17.1 Å². The van der Waals surface area contributed by atoms with E-state index in [1.165, 1.54) is 11.1 Å². The minimum absolute atomic E-state index is 0.00587. The van der Waals surface area contributed by atoms with E-state index in [9.17, 15) is 4.79 Å². The van der Waals surface area contributed by atoms with Crippen LogP contribution in [0.25, 0.3) is 10.9 Å². The van der Waals surface area contributed by atoms with Gasteiger partial charge in [0, 0.05) is 15.9 Å². The minimum Gasteiger partial charge on any atom is -0.323 e. The van der Waals surface area contributed by atoms with Gasteiger partial charge in [-0.3, -0.25) is 10.1 Å². The molecule has 1 amide bonds. The Morgan fingerprint density at radius 1 is 1.07 bits per heavy atom. The Balaban J connectivity index is 1.48. The van der Waals surface area contributed by atoms with E-state index in [0.29, 0.717) is 12.4 Å². The van der Waals surface area contributed by atoms with Crippen LogP contribution < -0.4 is 16.0 Å². The summed E-state index contributed by atoms with van der Waals surface area (Å²) in [7, 11) is 0. The molecule has 156 valence electrons. The molecular weight excluding hydrogens is 442 g/mol. The Morgan fingerprint density at radius 3 is 2.47 bits per heavy atom. The van der Waals surface area contributed by atoms with Crippen LogP contribution >= 0.6 is 15.9 Å². The number of benzene rings is 2. The summed E-state index contributed by atoms with van der Waals surface area (Å²) in [6.45, 7) is 8.19. The Labute approximate surface area is 185 Å². The second-order valence-corrected chi connectivity index (χ2v) is 8.98. The van der Waals surface area contributed by atoms with Crippen LogP contribution in [-0.2, 0) is 11.2 Å². The number of nitrogens with one attached hydrogen (secondary N) is 3. The normalized spacial score (nSPS) is 21.5. The third-order valence-electron chi connectivity index (χ3n) is 5.80. The Kier molecular flexibility index (Phi) is 5.75. The van der Waals surface area contributed by atoms with E-state index in [4.69, 9.17) is 0 Å². The molecule has 1 aliphatic heterocycles. The second kappa shape index (κ2) is 8.32. The van der Waals surface area contributed by atoms with Crippen LogP contribution in [0.3, 0.4) is 0 Å². The zero-order valence-electron chi connectivity index (χ0n) is 17.6. The third-order valence-corrected chi connectivity index (χ3v) is 6.33. The number of nitrogens with zero attached hydrogens (tertiary/aromatic N) is 2. The maximum Gasteiger partial charge on any atom is 0.227 e. The molecule has 2 aromatic carbocycles. The summed E-state index contributed by atoms with van der Waals surface area (Å²) in [5.74, 6) is 0.374. The number of halogens is 1. The topological polar surface area (TPSA) is 78.9 Å². The van der Waals surface area contributed by atoms with Crippen LogP contribution in [0.1, 0.15) is 29.3 Å². The van der Waals surface area contributed by atoms with Gasteiger partial charge in [-0.1, -0.05) is 28.1 Å². The van der Waals surface area contributed by atoms with Crippen molar-refractivity contribution >= 4 is 38.7 Å². The number of anilines is 1. The monoisotopic (exact) mass is 467 g/mol. The average molecular weight is 468 g/mol. The van der Waals surface area contributed by atoms with Gasteiger partial charge in [0.15, 0.2) is 6.29 Å². The first kappa shape index (κ1) is 20.8. The predicted octanol–water partition coefficient (Wildman–Crippen LogP) is 3.98. The van der Waals surface area contributed by atoms with Crippen molar-refractivity contribution in [2.45, 2.75) is 46.4 Å². The van der Waals surface area contributed by atoms with Crippen LogP contribution in [0.5, 0.6) is 0 Å². The first-order valence-corrected chi connectivity index (χ1v) is 10.9. The summed E-state index contributed by atoms with van der Waals surface area (Å²) in [4.78, 5) is 22.0. The summed E-state index contributed by atoms with van der Waals surface area (Å²) < 4.78 is 1.03. The van der Waals surface area contributed by atoms with Crippen molar-refractivity contribution in [1.82, 2.24) is 20.6 Å². The molecule has 1 aromatic heterocycles. The summed E-state index contributed by atoms with van der Waals surface area (Å²) >= 11 is 3.45. The van der Waals surface area contributed by atoms with Crippen molar-refractivity contribution in [3.63, 3.8) is 0 Å². The maximum absolute atomic E-state index is 12.8. The third kappa shape index (κ3) is 4.32. The number of carbonyl (C=O) groups excluding carboxylic acids is 1. The summed E-state index contributed by atoms with van der Waals surface area (Å²) in [5, 5.41) is 10.7. The smallest absolute Gasteiger partial charge is 0.227 e. The van der Waals surface area contributed by atoms with Gasteiger partial charge in [-0.15, -0.1) is 0 Å². The summed E-state index contributed by atoms with van der Waals surface area (Å²) in [5.41, 5.74) is 5.37. The Hall–Kier alpha value is -2.51. The molecule has 4 rings (SSSR count). The quantitative estimate of drug-likeness (QED) is 0.540. The molecule has 0 bridgehead atoms. The molecule has 0 spiro atoms. The number of aryl methyl sites for hydroxylation is 3. The average Bonchev–Trinajstić information content (AvgIpc) is 2.68. The minimum atomic E-state index is -0.419. The van der Waals surface area contributed by atoms with Crippen molar-refractivity contribution in [3.8, 4) is 0 Å². The molecule has 3 unspecified atom stereocenters. The highest BCUT2D eigenvalue weighted by Crippen LogP contribution is 2.23. The molecule has 3 atom stereocenters. The first-order chi connectivity index (χ1) is 14.3. The van der Waals surface area contributed by atoms with Gasteiger partial charge in [-0.2, -0.15) is 0 Å². The largest absolute Gasteiger partial charge is 0.323 e. The van der Waals surface area contributed by atoms with E-state index in [1.807, 2.05) is 38.1 Å². The lowest BCUT2D eigenvalue weighted by molar-refractivity contribution is -0.128. The highest BCUT2D eigenvalue weighted by Gasteiger charge is 2.33. The molecule has 1 aliphatic rings. The number of aromatic nitrogens is 2. The van der Waals surface area contributed by atoms with Crippen molar-refractivity contribution in [3.05, 3.63) is 63.3 Å². The fourth-order valence-electron chi connectivity index (χ4n) is 3.85. The van der Waals surface area contributed by atoms with Gasteiger partial charge >= 0.3 is 0 Å². The van der Waals surface area contributed by atoms with Crippen LogP contribution in [0.15, 0.2) is 40.9 Å². The van der Waals surface area contributed by atoms with Crippen molar-refractivity contribution in [1.29, 1.82) is 0 Å². The second-order valence-electron chi connectivity index (χ2n) is 8.06. The summed E-state index contributed by atoms with van der Waals surface area (Å²) in [6.07, 6.45) is 0.265. The van der Waals surface area contributed by atoms with Crippen molar-refractivity contribution in [2.75, 3.05) is 5.32 Å². The SMILES string of the molecule is Cc1cc2nc(NC3NC(=O)C(Cc4ccc(Br)cc4)C(C)N3)nc(C)c2cc1C. The summed E-state index contributed by atoms with van der Waals surface area (Å²) in [6, 6.07) is 12.3. The van der Waals surface area contributed by atoms with E-state index in [0.717, 1.165) is 26.6 Å². The van der Waals surface area contributed by atoms with Gasteiger partial charge < -0.3 is 10.6 Å². The first-order valence-electron chi connectivity index (χ1n) is 10.1. The van der Waals surface area contributed by atoms with E-state index in [2.05, 4.69) is 67.8 Å². The molecular formula is C23H26BrN5O. The van der Waals surface area contributed by atoms with Gasteiger partial charge in [0.1, 0.15) is 0 Å². The van der Waals surface area contributed by atoms with Crippen LogP contribution in [-0.4, -0.2) is 28.2 Å². The van der Waals surface area contributed by atoms with Crippen LogP contribution in [0.2, 0.25) is 0 Å². The van der Waals surface area contributed by atoms with Gasteiger partial charge in [0.25, 0.3) is 0 Å². The van der Waals surface area contributed by atoms with E-state index < -0.39 is 6.29 Å². The molecule has 2 heterocycles. The van der Waals surface area contributed by atoms with Gasteiger partial charge in [0.2, 0.25) is 11.9 Å². The molecule has 6 nitrogen and oxygen atoms in total. The van der Waals surface area contributed by atoms with Crippen LogP contribution in [0.4, 0.5) is 5.95 Å². The lowest BCUT2D eigenvalue weighted by Gasteiger charge is -2.36. The van der Waals surface area contributed by atoms with E-state index >= 15 is 0 Å². The van der Waals surface area contributed by atoms with E-state index in [-0.39, 0.29) is 17.9 Å². The fraction of sp³-hybridized carbons (Fsp3) is 0.348. The predicted molar refractivity (Wildman–Crippen MR) is 123 cm³/mol. The molecule has 1 fully saturated rings. The molecule has 7 heteroatoms. The van der Waals surface area contributed by atoms with E-state index in [1.54, 1.807) is 0 Å². The zero-order chi connectivity index (χ0) is 21.4. The highest BCUT2D eigenvalue weighted by molar-refractivity contribution is 9.10. The van der Waals surface area contributed by atoms with Gasteiger partial charge in [-0.25, -0.2) is 9.97 Å². The molecule has 3 aromatic rings.